The molecule has 3 heterocycles. The van der Waals surface area contributed by atoms with Crippen LogP contribution in [0.2, 0.25) is 0 Å². The Balaban J connectivity index is 1.38. The molecule has 0 radical (unpaired) electrons. The summed E-state index contributed by atoms with van der Waals surface area (Å²) in [6.45, 7) is 5.68. The molecule has 10 nitrogen and oxygen atoms in total. The van der Waals surface area contributed by atoms with E-state index in [1.54, 1.807) is 39.0 Å². The number of hydrogen-bond donors (Lipinski definition) is 1. The van der Waals surface area contributed by atoms with E-state index in [0.29, 0.717) is 30.4 Å². The third-order valence-electron chi connectivity index (χ3n) is 5.79. The molecule has 0 aliphatic carbocycles. The molecule has 1 N–H and O–H groups in total. The number of anilines is 2. The van der Waals surface area contributed by atoms with Crippen LogP contribution in [-0.2, 0) is 22.6 Å². The zero-order chi connectivity index (χ0) is 26.9. The fraction of sp³-hybridized carbons (Fsp3) is 0.333. The second-order valence-corrected chi connectivity index (χ2v) is 9.81. The largest absolute Gasteiger partial charge is 0.472 e. The third-order valence-corrected chi connectivity index (χ3v) is 5.79. The molecule has 0 saturated carbocycles. The fourth-order valence-electron chi connectivity index (χ4n) is 4.14. The highest BCUT2D eigenvalue weighted by atomic mass is 19.1. The quantitative estimate of drug-likeness (QED) is 0.464. The van der Waals surface area contributed by atoms with Crippen LogP contribution in [0.5, 0.6) is 17.4 Å². The van der Waals surface area contributed by atoms with Crippen LogP contribution in [-0.4, -0.2) is 47.3 Å². The Labute approximate surface area is 218 Å². The number of hydrogen-bond acceptors (Lipinski definition) is 9. The normalized spacial score (nSPS) is 13.7. The SMILES string of the molecule is CC(C)(C)OC(=O)CNC(=O)c1cnc(N2CCc3cc(F)ccc32)nc1OCc1ccc2c(c1)OCO2. The number of nitrogens with zero attached hydrogens (tertiary/aromatic N) is 3. The molecule has 11 heteroatoms. The van der Waals surface area contributed by atoms with Crippen LogP contribution in [0.15, 0.2) is 42.6 Å². The summed E-state index contributed by atoms with van der Waals surface area (Å²) in [4.78, 5) is 35.9. The van der Waals surface area contributed by atoms with Crippen molar-refractivity contribution in [3.8, 4) is 17.4 Å². The van der Waals surface area contributed by atoms with Gasteiger partial charge in [-0.2, -0.15) is 4.98 Å². The van der Waals surface area contributed by atoms with Crippen molar-refractivity contribution in [2.24, 2.45) is 0 Å². The highest BCUT2D eigenvalue weighted by molar-refractivity contribution is 5.97. The lowest BCUT2D eigenvalue weighted by atomic mass is 10.2. The van der Waals surface area contributed by atoms with Gasteiger partial charge in [-0.3, -0.25) is 9.59 Å². The minimum Gasteiger partial charge on any atom is -0.472 e. The van der Waals surface area contributed by atoms with Crippen LogP contribution in [0.4, 0.5) is 16.0 Å². The molecule has 2 aromatic carbocycles. The van der Waals surface area contributed by atoms with Crippen LogP contribution < -0.4 is 24.4 Å². The molecular weight excluding hydrogens is 495 g/mol. The number of carbonyl (C=O) groups is 2. The van der Waals surface area contributed by atoms with Crippen molar-refractivity contribution < 1.29 is 32.9 Å². The molecule has 3 aromatic rings. The molecule has 0 saturated heterocycles. The number of carbonyl (C=O) groups excluding carboxylic acids is 2. The highest BCUT2D eigenvalue weighted by Crippen LogP contribution is 2.35. The van der Waals surface area contributed by atoms with Crippen molar-refractivity contribution in [1.82, 2.24) is 15.3 Å². The Morgan fingerprint density at radius 1 is 1.13 bits per heavy atom. The van der Waals surface area contributed by atoms with E-state index in [1.807, 2.05) is 11.0 Å². The van der Waals surface area contributed by atoms with Gasteiger partial charge in [0.15, 0.2) is 11.5 Å². The van der Waals surface area contributed by atoms with Crippen molar-refractivity contribution in [2.45, 2.75) is 39.4 Å². The van der Waals surface area contributed by atoms with Gasteiger partial charge < -0.3 is 29.2 Å². The van der Waals surface area contributed by atoms with Crippen LogP contribution in [0.1, 0.15) is 42.3 Å². The molecule has 2 aliphatic heterocycles. The van der Waals surface area contributed by atoms with Crippen LogP contribution >= 0.6 is 0 Å². The molecule has 0 bridgehead atoms. The summed E-state index contributed by atoms with van der Waals surface area (Å²) >= 11 is 0. The van der Waals surface area contributed by atoms with Crippen molar-refractivity contribution in [2.75, 3.05) is 24.8 Å². The standard InChI is InChI=1S/C27H27FN4O6/c1-27(2,3)38-23(33)13-29-24(34)19-12-30-26(32-9-8-17-11-18(28)5-6-20(17)32)31-25(19)35-14-16-4-7-21-22(10-16)37-15-36-21/h4-7,10-12H,8-9,13-15H2,1-3H3,(H,29,34). The number of amides is 1. The van der Waals surface area contributed by atoms with Crippen LogP contribution in [0.3, 0.4) is 0 Å². The van der Waals surface area contributed by atoms with Gasteiger partial charge in [0.05, 0.1) is 0 Å². The van der Waals surface area contributed by atoms with Gasteiger partial charge in [0.25, 0.3) is 5.91 Å². The van der Waals surface area contributed by atoms with E-state index in [4.69, 9.17) is 18.9 Å². The monoisotopic (exact) mass is 522 g/mol. The van der Waals surface area contributed by atoms with E-state index < -0.39 is 17.5 Å². The Hall–Kier alpha value is -4.41. The van der Waals surface area contributed by atoms with Gasteiger partial charge in [-0.1, -0.05) is 6.07 Å². The number of benzene rings is 2. The maximum atomic E-state index is 13.7. The van der Waals surface area contributed by atoms with Gasteiger partial charge in [-0.25, -0.2) is 9.37 Å². The third kappa shape index (κ3) is 5.61. The Morgan fingerprint density at radius 2 is 1.95 bits per heavy atom. The summed E-state index contributed by atoms with van der Waals surface area (Å²) in [6, 6.07) is 9.94. The Morgan fingerprint density at radius 3 is 2.76 bits per heavy atom. The van der Waals surface area contributed by atoms with E-state index in [1.165, 1.54) is 18.3 Å². The van der Waals surface area contributed by atoms with Crippen molar-refractivity contribution in [1.29, 1.82) is 0 Å². The van der Waals surface area contributed by atoms with Crippen LogP contribution in [0, 0.1) is 5.82 Å². The molecule has 1 aromatic heterocycles. The maximum Gasteiger partial charge on any atom is 0.325 e. The topological polar surface area (TPSA) is 112 Å². The fourth-order valence-corrected chi connectivity index (χ4v) is 4.14. The molecule has 2 aliphatic rings. The van der Waals surface area contributed by atoms with Crippen molar-refractivity contribution >= 4 is 23.5 Å². The molecule has 0 fully saturated rings. The molecule has 0 atom stereocenters. The predicted octanol–water partition coefficient (Wildman–Crippen LogP) is 3.69. The molecule has 0 unspecified atom stereocenters. The number of rotatable bonds is 7. The summed E-state index contributed by atoms with van der Waals surface area (Å²) in [7, 11) is 0. The number of aromatic nitrogens is 2. The van der Waals surface area contributed by atoms with Gasteiger partial charge >= 0.3 is 5.97 Å². The lowest BCUT2D eigenvalue weighted by Crippen LogP contribution is -2.35. The average molecular weight is 523 g/mol. The minimum absolute atomic E-state index is 0.0323. The number of esters is 1. The molecule has 38 heavy (non-hydrogen) atoms. The predicted molar refractivity (Wildman–Crippen MR) is 134 cm³/mol. The lowest BCUT2D eigenvalue weighted by molar-refractivity contribution is -0.153. The molecule has 5 rings (SSSR count). The second kappa shape index (κ2) is 10.2. The van der Waals surface area contributed by atoms with E-state index in [9.17, 15) is 14.0 Å². The first kappa shape index (κ1) is 25.2. The van der Waals surface area contributed by atoms with Gasteiger partial charge in [-0.05, 0) is 68.7 Å². The van der Waals surface area contributed by atoms with Gasteiger partial charge in [0.1, 0.15) is 30.1 Å². The van der Waals surface area contributed by atoms with Crippen LogP contribution in [0.25, 0.3) is 0 Å². The van der Waals surface area contributed by atoms with Gasteiger partial charge in [-0.15, -0.1) is 0 Å². The summed E-state index contributed by atoms with van der Waals surface area (Å²) < 4.78 is 35.7. The van der Waals surface area contributed by atoms with Gasteiger partial charge in [0, 0.05) is 18.4 Å². The number of nitrogens with one attached hydrogen (secondary N) is 1. The Bertz CT molecular complexity index is 1390. The van der Waals surface area contributed by atoms with E-state index in [0.717, 1.165) is 16.8 Å². The molecule has 1 amide bonds. The smallest absolute Gasteiger partial charge is 0.325 e. The number of halogens is 1. The number of fused-ring (bicyclic) bond motifs is 2. The zero-order valence-electron chi connectivity index (χ0n) is 21.2. The Kier molecular flexibility index (Phi) is 6.75. The second-order valence-electron chi connectivity index (χ2n) is 9.81. The van der Waals surface area contributed by atoms with E-state index in [2.05, 4.69) is 15.3 Å². The van der Waals surface area contributed by atoms with Crippen molar-refractivity contribution in [3.63, 3.8) is 0 Å². The number of ether oxygens (including phenoxy) is 4. The molecule has 198 valence electrons. The van der Waals surface area contributed by atoms with E-state index >= 15 is 0 Å². The van der Waals surface area contributed by atoms with Crippen molar-refractivity contribution in [3.05, 3.63) is 65.1 Å². The molecule has 0 spiro atoms. The zero-order valence-corrected chi connectivity index (χ0v) is 21.2. The summed E-state index contributed by atoms with van der Waals surface area (Å²) in [5.74, 6) is 0.107. The molecular formula is C27H27FN4O6. The summed E-state index contributed by atoms with van der Waals surface area (Å²) in [5, 5.41) is 2.54. The highest BCUT2D eigenvalue weighted by Gasteiger charge is 2.26. The minimum atomic E-state index is -0.680. The first-order valence-electron chi connectivity index (χ1n) is 12.1. The first-order valence-corrected chi connectivity index (χ1v) is 12.1. The summed E-state index contributed by atoms with van der Waals surface area (Å²) in [5.41, 5.74) is 1.78. The summed E-state index contributed by atoms with van der Waals surface area (Å²) in [6.07, 6.45) is 1.98. The van der Waals surface area contributed by atoms with Gasteiger partial charge in [0.2, 0.25) is 18.6 Å². The maximum absolute atomic E-state index is 13.7. The van der Waals surface area contributed by atoms with E-state index in [-0.39, 0.29) is 37.2 Å². The first-order chi connectivity index (χ1) is 18.2. The lowest BCUT2D eigenvalue weighted by Gasteiger charge is -2.20. The average Bonchev–Trinajstić information content (AvgIpc) is 3.51.